The number of urea groups is 1. The fourth-order valence-corrected chi connectivity index (χ4v) is 4.74. The number of amides is 4. The van der Waals surface area contributed by atoms with Crippen LogP contribution in [0.1, 0.15) is 21.5 Å². The number of esters is 1. The first-order chi connectivity index (χ1) is 16.6. The minimum Gasteiger partial charge on any atom is -0.421 e. The van der Waals surface area contributed by atoms with Crippen LogP contribution in [-0.2, 0) is 9.59 Å². The summed E-state index contributed by atoms with van der Waals surface area (Å²) in [5, 5.41) is 2.58. The van der Waals surface area contributed by atoms with Crippen LogP contribution in [0.3, 0.4) is 0 Å². The van der Waals surface area contributed by atoms with E-state index in [1.165, 1.54) is 30.3 Å². The van der Waals surface area contributed by atoms with Crippen molar-refractivity contribution < 1.29 is 23.9 Å². The molecule has 176 valence electrons. The van der Waals surface area contributed by atoms with Crippen LogP contribution in [0, 0.1) is 6.92 Å². The molecule has 0 aliphatic carbocycles. The Hall–Kier alpha value is -3.27. The van der Waals surface area contributed by atoms with E-state index in [0.29, 0.717) is 19.5 Å². The number of nitrogens with zero attached hydrogens (tertiary/aromatic N) is 1. The molecule has 1 N–H and O–H groups in total. The second kappa shape index (κ2) is 10.2. The molecule has 1 aliphatic rings. The highest BCUT2D eigenvalue weighted by Crippen LogP contribution is 2.35. The predicted octanol–water partition coefficient (Wildman–Crippen LogP) is 6.06. The Kier molecular flexibility index (Phi) is 7.20. The Morgan fingerprint density at radius 1 is 1.00 bits per heavy atom. The van der Waals surface area contributed by atoms with Gasteiger partial charge in [-0.1, -0.05) is 45.2 Å². The molecule has 3 aromatic carbocycles. The number of nitrogens with one attached hydrogen (secondary N) is 1. The lowest BCUT2D eigenvalue weighted by atomic mass is 10.1. The van der Waals surface area contributed by atoms with Crippen LogP contribution in [0.2, 0.25) is 5.02 Å². The van der Waals surface area contributed by atoms with E-state index < -0.39 is 23.8 Å². The van der Waals surface area contributed by atoms with Crippen LogP contribution in [0.5, 0.6) is 5.75 Å². The van der Waals surface area contributed by atoms with Gasteiger partial charge in [0.2, 0.25) is 0 Å². The van der Waals surface area contributed by atoms with Crippen LogP contribution in [0.25, 0.3) is 6.08 Å². The summed E-state index contributed by atoms with van der Waals surface area (Å²) in [6, 6.07) is 15.2. The molecule has 0 spiro atoms. The molecule has 4 amide bonds. The molecule has 1 aliphatic heterocycles. The SMILES string of the molecule is Cc1ccc(C(=O)Oc2c(Br)cc(Br)cc2/C=C2/C(=O)NC(=O)N(c3ccc(Cl)cc3)C2=O)cc1. The molecule has 10 heteroatoms. The molecule has 0 bridgehead atoms. The lowest BCUT2D eigenvalue weighted by molar-refractivity contribution is -0.122. The van der Waals surface area contributed by atoms with Crippen molar-refractivity contribution >= 4 is 79.0 Å². The van der Waals surface area contributed by atoms with Crippen LogP contribution >= 0.6 is 43.5 Å². The third-order valence-electron chi connectivity index (χ3n) is 5.01. The predicted molar refractivity (Wildman–Crippen MR) is 138 cm³/mol. The highest BCUT2D eigenvalue weighted by Gasteiger charge is 2.37. The van der Waals surface area contributed by atoms with E-state index in [9.17, 15) is 19.2 Å². The zero-order valence-corrected chi connectivity index (χ0v) is 21.9. The maximum Gasteiger partial charge on any atom is 0.343 e. The molecule has 1 saturated heterocycles. The van der Waals surface area contributed by atoms with Gasteiger partial charge < -0.3 is 4.74 Å². The normalized spacial score (nSPS) is 14.8. The summed E-state index contributed by atoms with van der Waals surface area (Å²) in [4.78, 5) is 51.8. The first-order valence-corrected chi connectivity index (χ1v) is 12.1. The summed E-state index contributed by atoms with van der Waals surface area (Å²) in [5.41, 5.74) is 1.48. The summed E-state index contributed by atoms with van der Waals surface area (Å²) in [6.45, 7) is 1.90. The van der Waals surface area contributed by atoms with Crippen molar-refractivity contribution in [3.8, 4) is 5.75 Å². The molecular formula is C25H15Br2ClN2O5. The molecule has 1 heterocycles. The van der Waals surface area contributed by atoms with E-state index in [2.05, 4.69) is 37.2 Å². The number of ether oxygens (including phenoxy) is 1. The third-order valence-corrected chi connectivity index (χ3v) is 6.30. The topological polar surface area (TPSA) is 92.8 Å². The highest BCUT2D eigenvalue weighted by molar-refractivity contribution is 9.11. The van der Waals surface area contributed by atoms with Gasteiger partial charge in [-0.3, -0.25) is 14.9 Å². The number of halogens is 3. The second-order valence-electron chi connectivity index (χ2n) is 7.50. The molecular weight excluding hydrogens is 604 g/mol. The number of carbonyl (C=O) groups excluding carboxylic acids is 4. The molecule has 0 saturated carbocycles. The van der Waals surface area contributed by atoms with Gasteiger partial charge in [0.25, 0.3) is 11.8 Å². The second-order valence-corrected chi connectivity index (χ2v) is 9.70. The van der Waals surface area contributed by atoms with Crippen molar-refractivity contribution in [1.29, 1.82) is 0 Å². The van der Waals surface area contributed by atoms with Gasteiger partial charge in [-0.25, -0.2) is 14.5 Å². The molecule has 0 aromatic heterocycles. The van der Waals surface area contributed by atoms with Crippen molar-refractivity contribution in [2.24, 2.45) is 0 Å². The molecule has 0 radical (unpaired) electrons. The Balaban J connectivity index is 1.74. The van der Waals surface area contributed by atoms with Crippen LogP contribution < -0.4 is 15.0 Å². The van der Waals surface area contributed by atoms with Gasteiger partial charge in [0.1, 0.15) is 5.57 Å². The number of hydrogen-bond acceptors (Lipinski definition) is 5. The van der Waals surface area contributed by atoms with E-state index in [1.54, 1.807) is 36.4 Å². The molecule has 3 aromatic rings. The van der Waals surface area contributed by atoms with Crippen molar-refractivity contribution in [1.82, 2.24) is 5.32 Å². The standard InChI is InChI=1S/C25H15Br2ClN2O5/c1-13-2-4-14(5-3-13)24(33)35-21-15(10-16(26)12-20(21)27)11-19-22(31)29-25(34)30(23(19)32)18-8-6-17(28)7-9-18/h2-12H,1H3,(H,29,31,34)/b19-11-. The number of hydrogen-bond donors (Lipinski definition) is 1. The number of carbonyl (C=O) groups is 4. The summed E-state index contributed by atoms with van der Waals surface area (Å²) < 4.78 is 6.63. The Morgan fingerprint density at radius 2 is 1.66 bits per heavy atom. The monoisotopic (exact) mass is 616 g/mol. The first kappa shape index (κ1) is 24.8. The lowest BCUT2D eigenvalue weighted by Crippen LogP contribution is -2.54. The minimum absolute atomic E-state index is 0.0989. The Morgan fingerprint density at radius 3 is 2.31 bits per heavy atom. The fraction of sp³-hybridized carbons (Fsp3) is 0.0400. The Labute approximate surface area is 222 Å². The van der Waals surface area contributed by atoms with E-state index in [0.717, 1.165) is 10.5 Å². The van der Waals surface area contributed by atoms with E-state index >= 15 is 0 Å². The third kappa shape index (κ3) is 5.37. The van der Waals surface area contributed by atoms with E-state index in [4.69, 9.17) is 16.3 Å². The number of benzene rings is 3. The van der Waals surface area contributed by atoms with Crippen molar-refractivity contribution in [3.63, 3.8) is 0 Å². The van der Waals surface area contributed by atoms with Gasteiger partial charge in [-0.2, -0.15) is 0 Å². The van der Waals surface area contributed by atoms with Gasteiger partial charge in [0.05, 0.1) is 15.7 Å². The highest BCUT2D eigenvalue weighted by atomic mass is 79.9. The van der Waals surface area contributed by atoms with E-state index in [1.807, 2.05) is 6.92 Å². The number of imide groups is 2. The largest absolute Gasteiger partial charge is 0.421 e. The minimum atomic E-state index is -0.888. The van der Waals surface area contributed by atoms with Gasteiger partial charge in [-0.15, -0.1) is 0 Å². The van der Waals surface area contributed by atoms with Crippen molar-refractivity contribution in [3.05, 3.63) is 96.9 Å². The Bertz CT molecular complexity index is 1400. The average Bonchev–Trinajstić information content (AvgIpc) is 2.80. The molecule has 4 rings (SSSR count). The van der Waals surface area contributed by atoms with Gasteiger partial charge in [0.15, 0.2) is 5.75 Å². The first-order valence-electron chi connectivity index (χ1n) is 10.1. The van der Waals surface area contributed by atoms with Crippen LogP contribution in [-0.4, -0.2) is 23.8 Å². The maximum atomic E-state index is 13.2. The molecule has 7 nitrogen and oxygen atoms in total. The molecule has 0 unspecified atom stereocenters. The smallest absolute Gasteiger partial charge is 0.343 e. The maximum absolute atomic E-state index is 13.2. The fourth-order valence-electron chi connectivity index (χ4n) is 3.27. The number of barbiturate groups is 1. The molecule has 35 heavy (non-hydrogen) atoms. The molecule has 0 atom stereocenters. The summed E-state index contributed by atoms with van der Waals surface area (Å²) in [5.74, 6) is -2.24. The van der Waals surface area contributed by atoms with Gasteiger partial charge in [-0.05, 0) is 77.5 Å². The van der Waals surface area contributed by atoms with Crippen LogP contribution in [0.4, 0.5) is 10.5 Å². The van der Waals surface area contributed by atoms with E-state index in [-0.39, 0.29) is 22.6 Å². The number of rotatable bonds is 4. The van der Waals surface area contributed by atoms with Crippen molar-refractivity contribution in [2.75, 3.05) is 4.90 Å². The molecule has 1 fully saturated rings. The lowest BCUT2D eigenvalue weighted by Gasteiger charge is -2.26. The summed E-state index contributed by atoms with van der Waals surface area (Å²) in [7, 11) is 0. The van der Waals surface area contributed by atoms with Gasteiger partial charge >= 0.3 is 12.0 Å². The summed E-state index contributed by atoms with van der Waals surface area (Å²) in [6.07, 6.45) is 1.26. The average molecular weight is 619 g/mol. The number of aryl methyl sites for hydroxylation is 1. The van der Waals surface area contributed by atoms with Crippen molar-refractivity contribution in [2.45, 2.75) is 6.92 Å². The zero-order chi connectivity index (χ0) is 25.3. The van der Waals surface area contributed by atoms with Gasteiger partial charge in [0, 0.05) is 15.1 Å². The number of anilines is 1. The zero-order valence-electron chi connectivity index (χ0n) is 18.0. The summed E-state index contributed by atoms with van der Waals surface area (Å²) >= 11 is 12.6. The van der Waals surface area contributed by atoms with Crippen LogP contribution in [0.15, 0.2) is 75.2 Å². The quantitative estimate of drug-likeness (QED) is 0.166.